The number of hydrogen-bond acceptors (Lipinski definition) is 4. The van der Waals surface area contributed by atoms with Crippen LogP contribution < -0.4 is 5.32 Å². The molecule has 1 heterocycles. The molecule has 0 aromatic carbocycles. The van der Waals surface area contributed by atoms with Crippen LogP contribution in [-0.2, 0) is 4.79 Å². The second-order valence-corrected chi connectivity index (χ2v) is 4.86. The molecule has 0 saturated carbocycles. The maximum Gasteiger partial charge on any atom is 0.327 e. The molecule has 1 fully saturated rings. The van der Waals surface area contributed by atoms with Crippen LogP contribution in [0, 0.1) is 0 Å². The topological polar surface area (TPSA) is 72.9 Å². The second kappa shape index (κ2) is 5.95. The zero-order chi connectivity index (χ0) is 12.1. The van der Waals surface area contributed by atoms with Crippen LogP contribution >= 0.6 is 11.8 Å². The molecular weight excluding hydrogens is 230 g/mol. The lowest BCUT2D eigenvalue weighted by molar-refractivity contribution is -0.140. The Balaban J connectivity index is 2.38. The molecule has 0 spiro atoms. The summed E-state index contributed by atoms with van der Waals surface area (Å²) in [5.41, 5.74) is 0. The first-order chi connectivity index (χ1) is 7.52. The monoisotopic (exact) mass is 247 g/mol. The molecule has 1 aliphatic heterocycles. The van der Waals surface area contributed by atoms with Crippen LogP contribution in [0.25, 0.3) is 0 Å². The number of carbonyl (C=O) groups is 2. The van der Waals surface area contributed by atoms with E-state index in [9.17, 15) is 9.59 Å². The highest BCUT2D eigenvalue weighted by Crippen LogP contribution is 2.20. The molecule has 6 nitrogen and oxygen atoms in total. The highest BCUT2D eigenvalue weighted by atomic mass is 32.2. The number of carboxylic acid groups (broad SMARTS) is 1. The highest BCUT2D eigenvalue weighted by Gasteiger charge is 2.34. The van der Waals surface area contributed by atoms with E-state index in [1.54, 1.807) is 0 Å². The van der Waals surface area contributed by atoms with Crippen molar-refractivity contribution in [3.63, 3.8) is 0 Å². The van der Waals surface area contributed by atoms with E-state index >= 15 is 0 Å². The maximum atomic E-state index is 11.7. The summed E-state index contributed by atoms with van der Waals surface area (Å²) in [6, 6.07) is -0.983. The van der Waals surface area contributed by atoms with Crippen molar-refractivity contribution in [3.8, 4) is 0 Å². The van der Waals surface area contributed by atoms with Gasteiger partial charge in [-0.1, -0.05) is 0 Å². The van der Waals surface area contributed by atoms with Crippen molar-refractivity contribution in [2.75, 3.05) is 38.8 Å². The van der Waals surface area contributed by atoms with Crippen molar-refractivity contribution in [1.29, 1.82) is 0 Å². The standard InChI is InChI=1S/C9H17N3O3S/c1-11(2)4-3-10-9(15)12-6-16-5-7(12)8(13)14/h7H,3-6H2,1-2H3,(H,10,15)(H,13,14). The van der Waals surface area contributed by atoms with Gasteiger partial charge in [-0.05, 0) is 14.1 Å². The summed E-state index contributed by atoms with van der Waals surface area (Å²) in [5.74, 6) is -0.0194. The first kappa shape index (κ1) is 13.1. The number of carboxylic acids is 1. The zero-order valence-corrected chi connectivity index (χ0v) is 10.3. The molecule has 0 aliphatic carbocycles. The van der Waals surface area contributed by atoms with Gasteiger partial charge in [-0.3, -0.25) is 0 Å². The Hall–Kier alpha value is -0.950. The van der Waals surface area contributed by atoms with Crippen molar-refractivity contribution < 1.29 is 14.7 Å². The fourth-order valence-corrected chi connectivity index (χ4v) is 2.48. The van der Waals surface area contributed by atoms with E-state index in [2.05, 4.69) is 5.32 Å². The van der Waals surface area contributed by atoms with Gasteiger partial charge in [-0.15, -0.1) is 11.8 Å². The molecule has 1 aliphatic rings. The Morgan fingerprint density at radius 3 is 2.81 bits per heavy atom. The average molecular weight is 247 g/mol. The van der Waals surface area contributed by atoms with Crippen LogP contribution in [0.5, 0.6) is 0 Å². The summed E-state index contributed by atoms with van der Waals surface area (Å²) < 4.78 is 0. The summed E-state index contributed by atoms with van der Waals surface area (Å²) in [5, 5.41) is 11.6. The summed E-state index contributed by atoms with van der Waals surface area (Å²) in [6.07, 6.45) is 0. The van der Waals surface area contributed by atoms with Gasteiger partial charge in [0.15, 0.2) is 0 Å². The number of nitrogens with zero attached hydrogens (tertiary/aromatic N) is 2. The Kier molecular flexibility index (Phi) is 4.88. The summed E-state index contributed by atoms with van der Waals surface area (Å²) in [7, 11) is 3.83. The van der Waals surface area contributed by atoms with Gasteiger partial charge in [0.2, 0.25) is 0 Å². The number of nitrogens with one attached hydrogen (secondary N) is 1. The zero-order valence-electron chi connectivity index (χ0n) is 9.47. The van der Waals surface area contributed by atoms with E-state index in [1.807, 2.05) is 19.0 Å². The molecule has 0 aromatic rings. The normalized spacial score (nSPS) is 20.2. The van der Waals surface area contributed by atoms with Gasteiger partial charge < -0.3 is 20.2 Å². The smallest absolute Gasteiger partial charge is 0.327 e. The largest absolute Gasteiger partial charge is 0.480 e. The molecule has 0 bridgehead atoms. The summed E-state index contributed by atoms with van der Waals surface area (Å²) in [4.78, 5) is 25.8. The molecule has 92 valence electrons. The quantitative estimate of drug-likeness (QED) is 0.714. The minimum absolute atomic E-state index is 0.292. The third-order valence-electron chi connectivity index (χ3n) is 2.26. The third kappa shape index (κ3) is 3.57. The minimum Gasteiger partial charge on any atom is -0.480 e. The molecule has 2 N–H and O–H groups in total. The summed E-state index contributed by atoms with van der Waals surface area (Å²) >= 11 is 1.46. The molecule has 0 radical (unpaired) electrons. The van der Waals surface area contributed by atoms with E-state index in [-0.39, 0.29) is 6.03 Å². The molecule has 16 heavy (non-hydrogen) atoms. The van der Waals surface area contributed by atoms with Gasteiger partial charge in [0, 0.05) is 18.8 Å². The van der Waals surface area contributed by atoms with Gasteiger partial charge >= 0.3 is 12.0 Å². The van der Waals surface area contributed by atoms with Gasteiger partial charge in [-0.25, -0.2) is 9.59 Å². The van der Waals surface area contributed by atoms with Gasteiger partial charge in [0.1, 0.15) is 6.04 Å². The van der Waals surface area contributed by atoms with E-state index in [0.29, 0.717) is 18.2 Å². The van der Waals surface area contributed by atoms with Crippen LogP contribution in [0.1, 0.15) is 0 Å². The minimum atomic E-state index is -0.937. The molecule has 1 unspecified atom stereocenters. The number of carbonyl (C=O) groups excluding carboxylic acids is 1. The number of amides is 2. The van der Waals surface area contributed by atoms with Crippen molar-refractivity contribution in [3.05, 3.63) is 0 Å². The number of thioether (sulfide) groups is 1. The number of rotatable bonds is 4. The third-order valence-corrected chi connectivity index (χ3v) is 3.28. The molecular formula is C9H17N3O3S. The van der Waals surface area contributed by atoms with Crippen molar-refractivity contribution >= 4 is 23.8 Å². The molecule has 7 heteroatoms. The van der Waals surface area contributed by atoms with Gasteiger partial charge in [-0.2, -0.15) is 0 Å². The lowest BCUT2D eigenvalue weighted by Crippen LogP contribution is -2.48. The molecule has 1 rings (SSSR count). The predicted molar refractivity (Wildman–Crippen MR) is 62.5 cm³/mol. The molecule has 2 amide bonds. The maximum absolute atomic E-state index is 11.7. The van der Waals surface area contributed by atoms with Crippen LogP contribution in [0.15, 0.2) is 0 Å². The lowest BCUT2D eigenvalue weighted by atomic mass is 10.3. The second-order valence-electron chi connectivity index (χ2n) is 3.86. The van der Waals surface area contributed by atoms with Crippen molar-refractivity contribution in [2.24, 2.45) is 0 Å². The van der Waals surface area contributed by atoms with E-state index < -0.39 is 12.0 Å². The Labute approximate surface area is 99.0 Å². The molecule has 1 saturated heterocycles. The number of likely N-dealkylation sites (N-methyl/N-ethyl adjacent to an activating group) is 1. The van der Waals surface area contributed by atoms with Gasteiger partial charge in [0.05, 0.1) is 5.88 Å². The van der Waals surface area contributed by atoms with Crippen LogP contribution in [0.3, 0.4) is 0 Å². The summed E-state index contributed by atoms with van der Waals surface area (Å²) in [6.45, 7) is 1.27. The number of aliphatic carboxylic acids is 1. The van der Waals surface area contributed by atoms with Crippen LogP contribution in [0.4, 0.5) is 4.79 Å². The lowest BCUT2D eigenvalue weighted by Gasteiger charge is -2.21. The average Bonchev–Trinajstić information content (AvgIpc) is 2.65. The Bertz CT molecular complexity index is 273. The Morgan fingerprint density at radius 2 is 2.25 bits per heavy atom. The highest BCUT2D eigenvalue weighted by molar-refractivity contribution is 7.99. The first-order valence-electron chi connectivity index (χ1n) is 5.02. The predicted octanol–water partition coefficient (Wildman–Crippen LogP) is -0.283. The van der Waals surface area contributed by atoms with E-state index in [4.69, 9.17) is 5.11 Å². The Morgan fingerprint density at radius 1 is 1.56 bits per heavy atom. The number of hydrogen-bond donors (Lipinski definition) is 2. The van der Waals surface area contributed by atoms with Crippen LogP contribution in [-0.4, -0.2) is 71.8 Å². The molecule has 1 atom stereocenters. The van der Waals surface area contributed by atoms with E-state index in [1.165, 1.54) is 16.7 Å². The van der Waals surface area contributed by atoms with Gasteiger partial charge in [0.25, 0.3) is 0 Å². The number of urea groups is 1. The van der Waals surface area contributed by atoms with E-state index in [0.717, 1.165) is 6.54 Å². The fourth-order valence-electron chi connectivity index (χ4n) is 1.34. The van der Waals surface area contributed by atoms with Crippen molar-refractivity contribution in [2.45, 2.75) is 6.04 Å². The SMILES string of the molecule is CN(C)CCNC(=O)N1CSCC1C(=O)O. The van der Waals surface area contributed by atoms with Crippen molar-refractivity contribution in [1.82, 2.24) is 15.1 Å². The molecule has 0 aromatic heterocycles. The van der Waals surface area contributed by atoms with Crippen LogP contribution in [0.2, 0.25) is 0 Å². The first-order valence-corrected chi connectivity index (χ1v) is 6.17. The fraction of sp³-hybridized carbons (Fsp3) is 0.778.